The first-order valence-corrected chi connectivity index (χ1v) is 10.1. The van der Waals surface area contributed by atoms with Crippen LogP contribution in [0.25, 0.3) is 0 Å². The van der Waals surface area contributed by atoms with Crippen LogP contribution in [-0.2, 0) is 16.6 Å². The van der Waals surface area contributed by atoms with Crippen LogP contribution in [0.3, 0.4) is 0 Å². The molecule has 2 amide bonds. The second-order valence-corrected chi connectivity index (χ2v) is 7.92. The summed E-state index contributed by atoms with van der Waals surface area (Å²) in [4.78, 5) is 15.9. The molecule has 0 atom stereocenters. The highest BCUT2D eigenvalue weighted by atomic mass is 35.5. The number of hydrogen-bond acceptors (Lipinski definition) is 4. The van der Waals surface area contributed by atoms with Gasteiger partial charge in [0.2, 0.25) is 0 Å². The monoisotopic (exact) mass is 416 g/mol. The standard InChI is InChI=1S/C19H17ClN4O3S/c20-15-3-7-18(8-4-15)28(26,27)24-17-5-1-14(2-6-17)13-22-19(25)23-16-9-11-21-12-10-16/h1-12,24H,13H2,(H2,21,22,23,25). The number of amides is 2. The van der Waals surface area contributed by atoms with Gasteiger partial charge in [0.05, 0.1) is 4.90 Å². The Morgan fingerprint density at radius 1 is 0.893 bits per heavy atom. The fourth-order valence-corrected chi connectivity index (χ4v) is 3.50. The summed E-state index contributed by atoms with van der Waals surface area (Å²) < 4.78 is 27.2. The zero-order chi connectivity index (χ0) is 20.0. The van der Waals surface area contributed by atoms with Gasteiger partial charge in [-0.3, -0.25) is 9.71 Å². The number of carbonyl (C=O) groups is 1. The zero-order valence-electron chi connectivity index (χ0n) is 14.6. The Morgan fingerprint density at radius 2 is 1.54 bits per heavy atom. The lowest BCUT2D eigenvalue weighted by Gasteiger charge is -2.10. The van der Waals surface area contributed by atoms with E-state index in [0.717, 1.165) is 5.56 Å². The molecule has 28 heavy (non-hydrogen) atoms. The van der Waals surface area contributed by atoms with Crippen LogP contribution in [0, 0.1) is 0 Å². The second-order valence-electron chi connectivity index (χ2n) is 5.80. The maximum Gasteiger partial charge on any atom is 0.319 e. The van der Waals surface area contributed by atoms with Crippen molar-refractivity contribution in [3.8, 4) is 0 Å². The lowest BCUT2D eigenvalue weighted by atomic mass is 10.2. The molecule has 0 fully saturated rings. The molecule has 3 N–H and O–H groups in total. The molecule has 3 aromatic rings. The summed E-state index contributed by atoms with van der Waals surface area (Å²) in [7, 11) is -3.70. The minimum atomic E-state index is -3.70. The van der Waals surface area contributed by atoms with Crippen LogP contribution in [-0.4, -0.2) is 19.4 Å². The van der Waals surface area contributed by atoms with Gasteiger partial charge in [-0.1, -0.05) is 23.7 Å². The summed E-state index contributed by atoms with van der Waals surface area (Å²) in [5, 5.41) is 5.87. The van der Waals surface area contributed by atoms with Gasteiger partial charge in [-0.2, -0.15) is 0 Å². The number of halogens is 1. The van der Waals surface area contributed by atoms with E-state index in [9.17, 15) is 13.2 Å². The van der Waals surface area contributed by atoms with Gasteiger partial charge in [-0.15, -0.1) is 0 Å². The normalized spacial score (nSPS) is 10.9. The van der Waals surface area contributed by atoms with Crippen molar-refractivity contribution in [3.05, 3.63) is 83.6 Å². The van der Waals surface area contributed by atoms with Crippen molar-refractivity contribution in [2.45, 2.75) is 11.4 Å². The van der Waals surface area contributed by atoms with Gasteiger partial charge in [0.25, 0.3) is 10.0 Å². The number of hydrogen-bond donors (Lipinski definition) is 3. The maximum atomic E-state index is 12.4. The molecule has 0 unspecified atom stereocenters. The number of pyridine rings is 1. The summed E-state index contributed by atoms with van der Waals surface area (Å²) in [6.07, 6.45) is 3.17. The summed E-state index contributed by atoms with van der Waals surface area (Å²) in [6.45, 7) is 0.293. The Hall–Kier alpha value is -3.10. The van der Waals surface area contributed by atoms with Crippen LogP contribution < -0.4 is 15.4 Å². The number of rotatable bonds is 6. The van der Waals surface area contributed by atoms with Gasteiger partial charge in [-0.25, -0.2) is 13.2 Å². The quantitative estimate of drug-likeness (QED) is 0.568. The Bertz CT molecular complexity index is 1040. The van der Waals surface area contributed by atoms with Crippen LogP contribution in [0.1, 0.15) is 5.56 Å². The van der Waals surface area contributed by atoms with Crippen molar-refractivity contribution in [1.82, 2.24) is 10.3 Å². The van der Waals surface area contributed by atoms with Crippen LogP contribution in [0.15, 0.2) is 78.0 Å². The summed E-state index contributed by atoms with van der Waals surface area (Å²) in [5.41, 5.74) is 1.87. The molecule has 0 spiro atoms. The van der Waals surface area contributed by atoms with Crippen molar-refractivity contribution < 1.29 is 13.2 Å². The number of carbonyl (C=O) groups excluding carboxylic acids is 1. The molecule has 0 radical (unpaired) electrons. The van der Waals surface area contributed by atoms with Crippen molar-refractivity contribution >= 4 is 39.0 Å². The van der Waals surface area contributed by atoms with Crippen molar-refractivity contribution in [3.63, 3.8) is 0 Å². The number of sulfonamides is 1. The third kappa shape index (κ3) is 5.45. The first-order chi connectivity index (χ1) is 13.4. The molecule has 144 valence electrons. The molecule has 1 heterocycles. The molecule has 0 saturated heterocycles. The van der Waals surface area contributed by atoms with Gasteiger partial charge in [0, 0.05) is 35.3 Å². The van der Waals surface area contributed by atoms with Gasteiger partial charge in [-0.05, 0) is 54.1 Å². The van der Waals surface area contributed by atoms with Crippen LogP contribution in [0.2, 0.25) is 5.02 Å². The zero-order valence-corrected chi connectivity index (χ0v) is 16.2. The Labute approximate surface area is 167 Å². The van der Waals surface area contributed by atoms with E-state index in [1.807, 2.05) is 0 Å². The number of urea groups is 1. The average molecular weight is 417 g/mol. The fourth-order valence-electron chi connectivity index (χ4n) is 2.31. The summed E-state index contributed by atoms with van der Waals surface area (Å²) >= 11 is 5.78. The number of aromatic nitrogens is 1. The molecule has 7 nitrogen and oxygen atoms in total. The van der Waals surface area contributed by atoms with E-state index >= 15 is 0 Å². The van der Waals surface area contributed by atoms with Gasteiger partial charge < -0.3 is 10.6 Å². The molecule has 0 aliphatic carbocycles. The SMILES string of the molecule is O=C(NCc1ccc(NS(=O)(=O)c2ccc(Cl)cc2)cc1)Nc1ccncc1. The minimum absolute atomic E-state index is 0.121. The largest absolute Gasteiger partial charge is 0.334 e. The molecule has 0 aliphatic heterocycles. The smallest absolute Gasteiger partial charge is 0.319 e. The fraction of sp³-hybridized carbons (Fsp3) is 0.0526. The molecule has 2 aromatic carbocycles. The van der Waals surface area contributed by atoms with E-state index in [1.165, 1.54) is 24.3 Å². The molecule has 0 aliphatic rings. The van der Waals surface area contributed by atoms with Crippen molar-refractivity contribution in [2.24, 2.45) is 0 Å². The van der Waals surface area contributed by atoms with Gasteiger partial charge >= 0.3 is 6.03 Å². The van der Waals surface area contributed by atoms with Crippen LogP contribution in [0.5, 0.6) is 0 Å². The first-order valence-electron chi connectivity index (χ1n) is 8.24. The highest BCUT2D eigenvalue weighted by Gasteiger charge is 2.13. The van der Waals surface area contributed by atoms with Gasteiger partial charge in [0.15, 0.2) is 0 Å². The predicted molar refractivity (Wildman–Crippen MR) is 109 cm³/mol. The second kappa shape index (κ2) is 8.73. The number of nitrogens with one attached hydrogen (secondary N) is 3. The lowest BCUT2D eigenvalue weighted by molar-refractivity contribution is 0.251. The van der Waals surface area contributed by atoms with Crippen molar-refractivity contribution in [1.29, 1.82) is 0 Å². The Balaban J connectivity index is 1.56. The Kier molecular flexibility index (Phi) is 6.13. The van der Waals surface area contributed by atoms with E-state index in [4.69, 9.17) is 11.6 Å². The number of nitrogens with zero attached hydrogens (tertiary/aromatic N) is 1. The average Bonchev–Trinajstić information content (AvgIpc) is 2.68. The predicted octanol–water partition coefficient (Wildman–Crippen LogP) is 3.86. The third-order valence-corrected chi connectivity index (χ3v) is 5.37. The molecule has 0 bridgehead atoms. The topological polar surface area (TPSA) is 100 Å². The van der Waals surface area contributed by atoms with Gasteiger partial charge in [0.1, 0.15) is 0 Å². The van der Waals surface area contributed by atoms with E-state index < -0.39 is 10.0 Å². The number of benzene rings is 2. The first kappa shape index (κ1) is 19.7. The van der Waals surface area contributed by atoms with Crippen molar-refractivity contribution in [2.75, 3.05) is 10.0 Å². The van der Waals surface area contributed by atoms with E-state index in [-0.39, 0.29) is 10.9 Å². The molecule has 9 heteroatoms. The van der Waals surface area contributed by atoms with Crippen LogP contribution >= 0.6 is 11.6 Å². The molecule has 3 rings (SSSR count). The minimum Gasteiger partial charge on any atom is -0.334 e. The Morgan fingerprint density at radius 3 is 2.18 bits per heavy atom. The molecule has 0 saturated carbocycles. The summed E-state index contributed by atoms with van der Waals surface area (Å²) in [6, 6.07) is 15.6. The van der Waals surface area contributed by atoms with E-state index in [2.05, 4.69) is 20.3 Å². The van der Waals surface area contributed by atoms with E-state index in [0.29, 0.717) is 22.9 Å². The highest BCUT2D eigenvalue weighted by molar-refractivity contribution is 7.92. The van der Waals surface area contributed by atoms with Crippen LogP contribution in [0.4, 0.5) is 16.2 Å². The highest BCUT2D eigenvalue weighted by Crippen LogP contribution is 2.18. The molecular weight excluding hydrogens is 400 g/mol. The number of anilines is 2. The molecule has 1 aromatic heterocycles. The lowest BCUT2D eigenvalue weighted by Crippen LogP contribution is -2.28. The third-order valence-electron chi connectivity index (χ3n) is 3.72. The summed E-state index contributed by atoms with van der Waals surface area (Å²) in [5.74, 6) is 0. The van der Waals surface area contributed by atoms with E-state index in [1.54, 1.807) is 48.8 Å². The molecular formula is C19H17ClN4O3S. The maximum absolute atomic E-state index is 12.4.